The second kappa shape index (κ2) is 26.4. The fourth-order valence-electron chi connectivity index (χ4n) is 4.54. The Balaban J connectivity index is 0. The molecule has 0 aliphatic rings. The van der Waals surface area contributed by atoms with E-state index in [2.05, 4.69) is 40.1 Å². The molecule has 0 heterocycles. The van der Waals surface area contributed by atoms with Gasteiger partial charge in [-0.15, -0.1) is 0 Å². The van der Waals surface area contributed by atoms with E-state index in [0.717, 1.165) is 0 Å². The maximum Gasteiger partial charge on any atom is 0.0915 e. The highest BCUT2D eigenvalue weighted by molar-refractivity contribution is 4.72. The van der Waals surface area contributed by atoms with E-state index in [9.17, 15) is 0 Å². The molecule has 0 aliphatic carbocycles. The molecule has 0 radical (unpaired) electrons. The number of allylic oxidation sites excluding steroid dienone is 1. The molecule has 31 heavy (non-hydrogen) atoms. The summed E-state index contributed by atoms with van der Waals surface area (Å²) in [6.45, 7) is 9.55. The maximum atomic E-state index is 2.50. The van der Waals surface area contributed by atoms with Gasteiger partial charge in [0.05, 0.1) is 26.3 Å². The molecule has 0 rings (SSSR count). The normalized spacial score (nSPS) is 11.9. The molecule has 0 atom stereocenters. The Bertz CT molecular complexity index is 329. The van der Waals surface area contributed by atoms with Crippen LogP contribution in [-0.4, -0.2) is 24.6 Å². The van der Waals surface area contributed by atoms with Crippen LogP contribution in [0.25, 0.3) is 0 Å². The van der Waals surface area contributed by atoms with Gasteiger partial charge in [0.1, 0.15) is 0 Å². The van der Waals surface area contributed by atoms with Crippen LogP contribution in [0.5, 0.6) is 0 Å². The predicted octanol–water partition coefficient (Wildman–Crippen LogP) is 7.20. The zero-order valence-electron chi connectivity index (χ0n) is 22.2. The molecule has 2 heteroatoms. The second-order valence-corrected chi connectivity index (χ2v) is 10.1. The first kappa shape index (κ1) is 33.4. The van der Waals surface area contributed by atoms with Crippen LogP contribution in [0.2, 0.25) is 0 Å². The summed E-state index contributed by atoms with van der Waals surface area (Å²) in [5, 5.41) is 0. The van der Waals surface area contributed by atoms with Gasteiger partial charge < -0.3 is 17.0 Å². The Labute approximate surface area is 209 Å². The SMILES string of the molecule is CCC=C[N+](C)(CCCCCCCCCCCC)CCCCCCCCCCCC.[Br-]. The minimum absolute atomic E-state index is 0. The van der Waals surface area contributed by atoms with Crippen molar-refractivity contribution in [3.8, 4) is 0 Å². The summed E-state index contributed by atoms with van der Waals surface area (Å²) >= 11 is 0. The van der Waals surface area contributed by atoms with Crippen molar-refractivity contribution in [2.75, 3.05) is 20.1 Å². The molecule has 0 bridgehead atoms. The summed E-state index contributed by atoms with van der Waals surface area (Å²) < 4.78 is 1.17. The lowest BCUT2D eigenvalue weighted by Gasteiger charge is -2.30. The topological polar surface area (TPSA) is 0 Å². The van der Waals surface area contributed by atoms with Gasteiger partial charge in [0, 0.05) is 0 Å². The molecule has 188 valence electrons. The van der Waals surface area contributed by atoms with E-state index >= 15 is 0 Å². The van der Waals surface area contributed by atoms with Crippen molar-refractivity contribution in [1.82, 2.24) is 0 Å². The average Bonchev–Trinajstić information content (AvgIpc) is 2.75. The largest absolute Gasteiger partial charge is 1.00 e. The third-order valence-corrected chi connectivity index (χ3v) is 6.75. The summed E-state index contributed by atoms with van der Waals surface area (Å²) in [5.74, 6) is 0. The Hall–Kier alpha value is 0.180. The predicted molar refractivity (Wildman–Crippen MR) is 139 cm³/mol. The van der Waals surface area contributed by atoms with Gasteiger partial charge in [-0.25, -0.2) is 0 Å². The van der Waals surface area contributed by atoms with E-state index in [1.54, 1.807) is 0 Å². The van der Waals surface area contributed by atoms with Crippen LogP contribution in [0.4, 0.5) is 0 Å². The zero-order chi connectivity index (χ0) is 22.2. The van der Waals surface area contributed by atoms with Crippen molar-refractivity contribution in [2.24, 2.45) is 0 Å². The Morgan fingerprint density at radius 2 is 0.742 bits per heavy atom. The van der Waals surface area contributed by atoms with Gasteiger partial charge in [-0.3, -0.25) is 4.48 Å². The lowest BCUT2D eigenvalue weighted by molar-refractivity contribution is -0.860. The van der Waals surface area contributed by atoms with Gasteiger partial charge in [-0.2, -0.15) is 0 Å². The van der Waals surface area contributed by atoms with Crippen LogP contribution in [0.15, 0.2) is 12.3 Å². The lowest BCUT2D eigenvalue weighted by Crippen LogP contribution is -3.00. The minimum atomic E-state index is 0. The first-order valence-electron chi connectivity index (χ1n) is 14.2. The molecular weight excluding hydrogens is 442 g/mol. The molecule has 1 nitrogen and oxygen atoms in total. The second-order valence-electron chi connectivity index (χ2n) is 10.1. The fraction of sp³-hybridized carbons (Fsp3) is 0.931. The van der Waals surface area contributed by atoms with Gasteiger partial charge >= 0.3 is 0 Å². The van der Waals surface area contributed by atoms with Crippen LogP contribution in [0.3, 0.4) is 0 Å². The van der Waals surface area contributed by atoms with Gasteiger partial charge in [0.25, 0.3) is 0 Å². The van der Waals surface area contributed by atoms with Crippen LogP contribution in [0.1, 0.15) is 156 Å². The summed E-state index contributed by atoms with van der Waals surface area (Å²) in [6, 6.07) is 0. The molecule has 0 fully saturated rings. The van der Waals surface area contributed by atoms with Gasteiger partial charge in [0.15, 0.2) is 0 Å². The molecule has 0 aliphatic heterocycles. The van der Waals surface area contributed by atoms with E-state index in [1.807, 2.05) is 0 Å². The Kier molecular flexibility index (Phi) is 28.4. The van der Waals surface area contributed by atoms with Crippen molar-refractivity contribution < 1.29 is 21.5 Å². The highest BCUT2D eigenvalue weighted by atomic mass is 79.9. The number of nitrogens with zero attached hydrogens (tertiary/aromatic N) is 1. The first-order chi connectivity index (χ1) is 14.7. The van der Waals surface area contributed by atoms with Crippen LogP contribution < -0.4 is 17.0 Å². The summed E-state index contributed by atoms with van der Waals surface area (Å²) in [7, 11) is 2.47. The molecule has 0 saturated heterocycles. The van der Waals surface area contributed by atoms with Gasteiger partial charge in [-0.05, 0) is 38.2 Å². The maximum absolute atomic E-state index is 2.50. The highest BCUT2D eigenvalue weighted by Crippen LogP contribution is 2.16. The Morgan fingerprint density at radius 3 is 1.03 bits per heavy atom. The number of rotatable bonds is 24. The number of unbranched alkanes of at least 4 members (excludes halogenated alkanes) is 18. The number of hydrogen-bond donors (Lipinski definition) is 0. The van der Waals surface area contributed by atoms with Crippen LogP contribution in [-0.2, 0) is 0 Å². The van der Waals surface area contributed by atoms with Crippen molar-refractivity contribution in [3.05, 3.63) is 12.3 Å². The molecule has 0 saturated carbocycles. The monoisotopic (exact) mass is 501 g/mol. The highest BCUT2D eigenvalue weighted by Gasteiger charge is 2.17. The van der Waals surface area contributed by atoms with Crippen LogP contribution in [0, 0.1) is 0 Å². The lowest BCUT2D eigenvalue weighted by atomic mass is 10.1. The molecule has 0 N–H and O–H groups in total. The molecule has 0 aromatic carbocycles. The molecule has 0 unspecified atom stereocenters. The summed E-state index contributed by atoms with van der Waals surface area (Å²) in [6.07, 6.45) is 34.8. The van der Waals surface area contributed by atoms with E-state index in [1.165, 1.54) is 152 Å². The Morgan fingerprint density at radius 1 is 0.452 bits per heavy atom. The number of hydrogen-bond acceptors (Lipinski definition) is 0. The van der Waals surface area contributed by atoms with Crippen molar-refractivity contribution in [3.63, 3.8) is 0 Å². The van der Waals surface area contributed by atoms with Gasteiger partial charge in [0.2, 0.25) is 0 Å². The summed E-state index contributed by atoms with van der Waals surface area (Å²) in [4.78, 5) is 0. The molecule has 0 spiro atoms. The number of halogens is 1. The van der Waals surface area contributed by atoms with E-state index in [0.29, 0.717) is 0 Å². The first-order valence-corrected chi connectivity index (χ1v) is 14.2. The molecule has 0 aromatic heterocycles. The van der Waals surface area contributed by atoms with E-state index in [4.69, 9.17) is 0 Å². The van der Waals surface area contributed by atoms with E-state index < -0.39 is 0 Å². The summed E-state index contributed by atoms with van der Waals surface area (Å²) in [5.41, 5.74) is 0. The molecule has 0 amide bonds. The van der Waals surface area contributed by atoms with Crippen molar-refractivity contribution in [1.29, 1.82) is 0 Å². The third kappa shape index (κ3) is 24.7. The quantitative estimate of drug-likeness (QED) is 0.0967. The van der Waals surface area contributed by atoms with E-state index in [-0.39, 0.29) is 17.0 Å². The molecular formula is C29H60BrN. The average molecular weight is 503 g/mol. The van der Waals surface area contributed by atoms with Crippen LogP contribution >= 0.6 is 0 Å². The fourth-order valence-corrected chi connectivity index (χ4v) is 4.54. The van der Waals surface area contributed by atoms with Crippen molar-refractivity contribution in [2.45, 2.75) is 156 Å². The standard InChI is InChI=1S/C29H60N.BrH/c1-5-8-11-13-15-17-19-21-23-25-28-30(4,27-10-7-3)29-26-24-22-20-18-16-14-12-9-6-2;/h10,27H,5-9,11-26,28-29H2,1-4H3;1H/q+1;/p-1. The third-order valence-electron chi connectivity index (χ3n) is 6.75. The number of quaternary nitrogens is 1. The zero-order valence-corrected chi connectivity index (χ0v) is 23.8. The van der Waals surface area contributed by atoms with Crippen molar-refractivity contribution >= 4 is 0 Å². The minimum Gasteiger partial charge on any atom is -1.00 e. The molecule has 0 aromatic rings. The van der Waals surface area contributed by atoms with Gasteiger partial charge in [-0.1, -0.05) is 124 Å². The smallest absolute Gasteiger partial charge is 0.0915 e.